The molecule has 2 aromatic carbocycles. The molecule has 0 atom stereocenters. The molecule has 39 heavy (non-hydrogen) atoms. The lowest BCUT2D eigenvalue weighted by molar-refractivity contribution is 0.0697. The minimum Gasteiger partial charge on any atom is -0.497 e. The number of methoxy groups -OCH3 is 1. The number of pyridine rings is 1. The van der Waals surface area contributed by atoms with Crippen molar-refractivity contribution in [1.29, 1.82) is 0 Å². The van der Waals surface area contributed by atoms with Gasteiger partial charge in [0.05, 0.1) is 35.1 Å². The molecule has 1 aliphatic carbocycles. The van der Waals surface area contributed by atoms with E-state index in [2.05, 4.69) is 19.5 Å². The van der Waals surface area contributed by atoms with Gasteiger partial charge in [0.25, 0.3) is 0 Å². The Morgan fingerprint density at radius 1 is 0.897 bits per heavy atom. The summed E-state index contributed by atoms with van der Waals surface area (Å²) >= 11 is 0. The van der Waals surface area contributed by atoms with E-state index in [1.165, 1.54) is 25.6 Å². The molecule has 0 spiro atoms. The van der Waals surface area contributed by atoms with Crippen molar-refractivity contribution < 1.29 is 19.4 Å². The SMILES string of the molecule is COc1ccnc(-c2cc(Oc3ccc(-c4nc5cc(C(=O)O)ccc5n4C4CCCCC4)cc3)ncn2)c1. The van der Waals surface area contributed by atoms with Crippen molar-refractivity contribution in [2.24, 2.45) is 0 Å². The molecule has 5 aromatic rings. The third-order valence-electron chi connectivity index (χ3n) is 7.08. The molecule has 3 heterocycles. The van der Waals surface area contributed by atoms with Gasteiger partial charge in [-0.2, -0.15) is 0 Å². The molecule has 0 unspecified atom stereocenters. The van der Waals surface area contributed by atoms with Crippen LogP contribution in [0, 0.1) is 0 Å². The number of carbonyl (C=O) groups is 1. The maximum absolute atomic E-state index is 11.6. The summed E-state index contributed by atoms with van der Waals surface area (Å²) in [5.74, 6) is 1.58. The minimum absolute atomic E-state index is 0.236. The lowest BCUT2D eigenvalue weighted by Gasteiger charge is -2.25. The van der Waals surface area contributed by atoms with Gasteiger partial charge in [-0.1, -0.05) is 19.3 Å². The van der Waals surface area contributed by atoms with Crippen LogP contribution in [0.2, 0.25) is 0 Å². The number of rotatable bonds is 7. The van der Waals surface area contributed by atoms with Gasteiger partial charge >= 0.3 is 5.97 Å². The van der Waals surface area contributed by atoms with Crippen LogP contribution >= 0.6 is 0 Å². The van der Waals surface area contributed by atoms with Crippen LogP contribution in [0.1, 0.15) is 48.5 Å². The number of aromatic nitrogens is 5. The fraction of sp³-hybridized carbons (Fsp3) is 0.233. The van der Waals surface area contributed by atoms with Crippen molar-refractivity contribution in [3.63, 3.8) is 0 Å². The van der Waals surface area contributed by atoms with E-state index in [-0.39, 0.29) is 5.56 Å². The standard InChI is InChI=1S/C30H27N5O4/c1-38-23-13-14-31-24(16-23)25-17-28(33-18-32-25)39-22-10-7-19(8-11-22)29-34-26-15-20(30(36)37)9-12-27(26)35(29)21-5-3-2-4-6-21/h7-18,21H,2-6H2,1H3,(H,36,37). The van der Waals surface area contributed by atoms with Crippen LogP contribution in [0.15, 0.2) is 73.2 Å². The van der Waals surface area contributed by atoms with Crippen molar-refractivity contribution in [2.45, 2.75) is 38.1 Å². The van der Waals surface area contributed by atoms with Crippen LogP contribution in [-0.4, -0.2) is 42.7 Å². The molecule has 1 aliphatic rings. The Bertz CT molecular complexity index is 1640. The van der Waals surface area contributed by atoms with Crippen LogP contribution in [0.4, 0.5) is 0 Å². The summed E-state index contributed by atoms with van der Waals surface area (Å²) in [5, 5.41) is 9.48. The van der Waals surface area contributed by atoms with E-state index in [1.807, 2.05) is 30.3 Å². The van der Waals surface area contributed by atoms with Gasteiger partial charge in [0.1, 0.15) is 23.7 Å². The van der Waals surface area contributed by atoms with Gasteiger partial charge in [0.2, 0.25) is 5.88 Å². The topological polar surface area (TPSA) is 112 Å². The maximum Gasteiger partial charge on any atom is 0.335 e. The van der Waals surface area contributed by atoms with E-state index >= 15 is 0 Å². The average molecular weight is 522 g/mol. The minimum atomic E-state index is -0.956. The Hall–Kier alpha value is -4.79. The fourth-order valence-electron chi connectivity index (χ4n) is 5.15. The van der Waals surface area contributed by atoms with Crippen molar-refractivity contribution in [3.05, 3.63) is 78.8 Å². The molecule has 0 aliphatic heterocycles. The molecule has 1 saturated carbocycles. The quantitative estimate of drug-likeness (QED) is 0.256. The summed E-state index contributed by atoms with van der Waals surface area (Å²) in [6.07, 6.45) is 8.87. The normalized spacial score (nSPS) is 13.9. The number of carboxylic acid groups (broad SMARTS) is 1. The summed E-state index contributed by atoms with van der Waals surface area (Å²) in [4.78, 5) is 29.4. The summed E-state index contributed by atoms with van der Waals surface area (Å²) in [5.41, 5.74) is 4.10. The second kappa shape index (κ2) is 10.5. The Labute approximate surface area is 225 Å². The van der Waals surface area contributed by atoms with Gasteiger partial charge < -0.3 is 19.1 Å². The van der Waals surface area contributed by atoms with Crippen LogP contribution in [-0.2, 0) is 0 Å². The first-order chi connectivity index (χ1) is 19.1. The van der Waals surface area contributed by atoms with Crippen molar-refractivity contribution in [2.75, 3.05) is 7.11 Å². The van der Waals surface area contributed by atoms with Crippen LogP contribution in [0.5, 0.6) is 17.4 Å². The molecular weight excluding hydrogens is 494 g/mol. The first-order valence-corrected chi connectivity index (χ1v) is 12.9. The van der Waals surface area contributed by atoms with Crippen LogP contribution < -0.4 is 9.47 Å². The summed E-state index contributed by atoms with van der Waals surface area (Å²) < 4.78 is 13.6. The van der Waals surface area contributed by atoms with Gasteiger partial charge in [0.15, 0.2) is 0 Å². The molecule has 0 radical (unpaired) electrons. The first-order valence-electron chi connectivity index (χ1n) is 12.9. The molecule has 1 N–H and O–H groups in total. The Morgan fingerprint density at radius 2 is 1.69 bits per heavy atom. The van der Waals surface area contributed by atoms with Crippen LogP contribution in [0.3, 0.4) is 0 Å². The van der Waals surface area contributed by atoms with Gasteiger partial charge in [0, 0.05) is 29.9 Å². The van der Waals surface area contributed by atoms with E-state index in [0.717, 1.165) is 29.7 Å². The number of imidazole rings is 1. The van der Waals surface area contributed by atoms with Crippen molar-refractivity contribution >= 4 is 17.0 Å². The highest BCUT2D eigenvalue weighted by molar-refractivity contribution is 5.93. The molecule has 1 fully saturated rings. The number of nitrogens with zero attached hydrogens (tertiary/aromatic N) is 5. The van der Waals surface area contributed by atoms with Crippen LogP contribution in [0.25, 0.3) is 33.8 Å². The molecule has 9 heteroatoms. The first kappa shape index (κ1) is 24.5. The highest BCUT2D eigenvalue weighted by Crippen LogP contribution is 2.37. The van der Waals surface area contributed by atoms with Gasteiger partial charge in [-0.05, 0) is 61.4 Å². The Balaban J connectivity index is 1.30. The number of carboxylic acids is 1. The van der Waals surface area contributed by atoms with Gasteiger partial charge in [-0.15, -0.1) is 0 Å². The zero-order valence-corrected chi connectivity index (χ0v) is 21.4. The second-order valence-electron chi connectivity index (χ2n) is 9.55. The van der Waals surface area contributed by atoms with E-state index < -0.39 is 5.97 Å². The predicted molar refractivity (Wildman–Crippen MR) is 146 cm³/mol. The number of benzene rings is 2. The van der Waals surface area contributed by atoms with E-state index in [0.29, 0.717) is 40.3 Å². The molecule has 6 rings (SSSR count). The third-order valence-corrected chi connectivity index (χ3v) is 7.08. The zero-order chi connectivity index (χ0) is 26.8. The molecule has 9 nitrogen and oxygen atoms in total. The molecule has 0 amide bonds. The third kappa shape index (κ3) is 5.03. The zero-order valence-electron chi connectivity index (χ0n) is 21.4. The summed E-state index contributed by atoms with van der Waals surface area (Å²) in [6, 6.07) is 18.5. The lowest BCUT2D eigenvalue weighted by atomic mass is 9.95. The summed E-state index contributed by atoms with van der Waals surface area (Å²) in [7, 11) is 1.61. The number of aromatic carboxylic acids is 1. The van der Waals surface area contributed by atoms with Crippen molar-refractivity contribution in [1.82, 2.24) is 24.5 Å². The van der Waals surface area contributed by atoms with E-state index in [1.54, 1.807) is 43.6 Å². The van der Waals surface area contributed by atoms with Crippen molar-refractivity contribution in [3.8, 4) is 40.2 Å². The molecule has 196 valence electrons. The van der Waals surface area contributed by atoms with Gasteiger partial charge in [-0.25, -0.2) is 19.7 Å². The smallest absolute Gasteiger partial charge is 0.335 e. The van der Waals surface area contributed by atoms with E-state index in [9.17, 15) is 9.90 Å². The number of hydrogen-bond acceptors (Lipinski definition) is 7. The van der Waals surface area contributed by atoms with E-state index in [4.69, 9.17) is 14.5 Å². The highest BCUT2D eigenvalue weighted by atomic mass is 16.5. The second-order valence-corrected chi connectivity index (χ2v) is 9.55. The largest absolute Gasteiger partial charge is 0.497 e. The lowest BCUT2D eigenvalue weighted by Crippen LogP contribution is -2.14. The Kier molecular flexibility index (Phi) is 6.62. The number of hydrogen-bond donors (Lipinski definition) is 1. The molecular formula is C30H27N5O4. The average Bonchev–Trinajstić information content (AvgIpc) is 3.37. The molecule has 3 aromatic heterocycles. The maximum atomic E-state index is 11.6. The molecule has 0 bridgehead atoms. The predicted octanol–water partition coefficient (Wildman–Crippen LogP) is 6.56. The van der Waals surface area contributed by atoms with Gasteiger partial charge in [-0.3, -0.25) is 4.98 Å². The summed E-state index contributed by atoms with van der Waals surface area (Å²) in [6.45, 7) is 0. The monoisotopic (exact) mass is 521 g/mol. The highest BCUT2D eigenvalue weighted by Gasteiger charge is 2.23. The number of ether oxygens (including phenoxy) is 2. The fourth-order valence-corrected chi connectivity index (χ4v) is 5.15. The Morgan fingerprint density at radius 3 is 2.46 bits per heavy atom. The molecule has 0 saturated heterocycles. The number of fused-ring (bicyclic) bond motifs is 1.